The molecule has 1 aromatic heterocycles. The molecule has 0 spiro atoms. The fraction of sp³-hybridized carbons (Fsp3) is 0.333. The number of aromatic nitrogens is 1. The Hall–Kier alpha value is -3.14. The molecule has 0 bridgehead atoms. The second-order valence-electron chi connectivity index (χ2n) is 6.61. The summed E-state index contributed by atoms with van der Waals surface area (Å²) in [6, 6.07) is 0.541. The molecule has 3 heterocycles. The number of urea groups is 1. The Morgan fingerprint density at radius 3 is 2.32 bits per heavy atom. The number of benzene rings is 1. The quantitative estimate of drug-likeness (QED) is 0.868. The van der Waals surface area contributed by atoms with Gasteiger partial charge in [-0.25, -0.2) is 23.6 Å². The minimum atomic E-state index is -0.971. The van der Waals surface area contributed by atoms with E-state index in [4.69, 9.17) is 9.47 Å². The number of amides is 2. The van der Waals surface area contributed by atoms with Gasteiger partial charge in [0.15, 0.2) is 23.1 Å². The fourth-order valence-corrected chi connectivity index (χ4v) is 3.62. The largest absolute Gasteiger partial charge is 0.493 e. The standard InChI is InChI=1S/C18H19F2N5O3/c1-23-8-10-15-9(6-21-17(10)22-23)7-25(18(26)24(15)2)16-13(19)11(27-3)5-12(28-4)14(16)20/h5-6H,7-8H2,1-4H3,(H,21,22). The molecule has 0 unspecified atom stereocenters. The first-order valence-electron chi connectivity index (χ1n) is 8.51. The van der Waals surface area contributed by atoms with Crippen LogP contribution in [0.1, 0.15) is 11.1 Å². The van der Waals surface area contributed by atoms with Gasteiger partial charge >= 0.3 is 6.03 Å². The van der Waals surface area contributed by atoms with Crippen LogP contribution >= 0.6 is 0 Å². The second kappa shape index (κ2) is 6.48. The Bertz CT molecular complexity index is 956. The molecule has 4 rings (SSSR count). The van der Waals surface area contributed by atoms with Crippen molar-refractivity contribution in [3.63, 3.8) is 0 Å². The first-order chi connectivity index (χ1) is 13.4. The molecule has 0 saturated carbocycles. The number of pyridine rings is 1. The maximum atomic E-state index is 14.9. The molecular formula is C18H19F2N5O3. The molecular weight excluding hydrogens is 372 g/mol. The normalized spacial score (nSPS) is 16.0. The van der Waals surface area contributed by atoms with Gasteiger partial charge in [-0.05, 0) is 0 Å². The molecule has 2 amide bonds. The highest BCUT2D eigenvalue weighted by Gasteiger charge is 2.37. The Labute approximate surface area is 160 Å². The summed E-state index contributed by atoms with van der Waals surface area (Å²) < 4.78 is 39.8. The third-order valence-corrected chi connectivity index (χ3v) is 4.92. The number of ether oxygens (including phenoxy) is 2. The van der Waals surface area contributed by atoms with E-state index in [2.05, 4.69) is 10.4 Å². The lowest BCUT2D eigenvalue weighted by Crippen LogP contribution is -2.46. The molecule has 0 atom stereocenters. The third-order valence-electron chi connectivity index (χ3n) is 4.92. The molecule has 10 heteroatoms. The number of fused-ring (bicyclic) bond motifs is 3. The van der Waals surface area contributed by atoms with E-state index < -0.39 is 23.4 Å². The lowest BCUT2D eigenvalue weighted by atomic mass is 10.1. The van der Waals surface area contributed by atoms with Crippen molar-refractivity contribution in [2.75, 3.05) is 43.5 Å². The number of nitrogens with one attached hydrogen (secondary N) is 1. The van der Waals surface area contributed by atoms with Crippen LogP contribution in [-0.2, 0) is 13.1 Å². The maximum Gasteiger partial charge on any atom is 0.329 e. The summed E-state index contributed by atoms with van der Waals surface area (Å²) in [6.07, 6.45) is 1.60. The molecule has 1 aromatic carbocycles. The minimum Gasteiger partial charge on any atom is -0.493 e. The number of rotatable bonds is 3. The second-order valence-corrected chi connectivity index (χ2v) is 6.61. The fourth-order valence-electron chi connectivity index (χ4n) is 3.62. The first kappa shape index (κ1) is 18.2. The van der Waals surface area contributed by atoms with Gasteiger partial charge in [-0.2, -0.15) is 0 Å². The first-order valence-corrected chi connectivity index (χ1v) is 8.51. The zero-order valence-corrected chi connectivity index (χ0v) is 15.8. The SMILES string of the molecule is COc1cc(OC)c(F)c(N2Cc3cnc4c(c3N(C)C2=O)CN(C)N4)c1F. The molecule has 2 aliphatic rings. The zero-order chi connectivity index (χ0) is 20.2. The van der Waals surface area contributed by atoms with Crippen molar-refractivity contribution in [3.8, 4) is 11.5 Å². The summed E-state index contributed by atoms with van der Waals surface area (Å²) in [4.78, 5) is 19.8. The van der Waals surface area contributed by atoms with E-state index in [1.165, 1.54) is 19.1 Å². The van der Waals surface area contributed by atoms with Crippen LogP contribution in [0.2, 0.25) is 0 Å². The van der Waals surface area contributed by atoms with Gasteiger partial charge in [0.25, 0.3) is 0 Å². The average molecular weight is 391 g/mol. The smallest absolute Gasteiger partial charge is 0.329 e. The van der Waals surface area contributed by atoms with Crippen LogP contribution in [0.15, 0.2) is 12.3 Å². The lowest BCUT2D eigenvalue weighted by molar-refractivity contribution is 0.250. The van der Waals surface area contributed by atoms with Crippen molar-refractivity contribution >= 4 is 23.2 Å². The molecule has 8 nitrogen and oxygen atoms in total. The number of hydrazine groups is 1. The Kier molecular flexibility index (Phi) is 4.22. The summed E-state index contributed by atoms with van der Waals surface area (Å²) >= 11 is 0. The van der Waals surface area contributed by atoms with Crippen molar-refractivity contribution in [3.05, 3.63) is 35.0 Å². The van der Waals surface area contributed by atoms with Crippen LogP contribution in [0.5, 0.6) is 11.5 Å². The van der Waals surface area contributed by atoms with Gasteiger partial charge in [0.2, 0.25) is 0 Å². The van der Waals surface area contributed by atoms with Crippen LogP contribution in [0.3, 0.4) is 0 Å². The molecule has 148 valence electrons. The van der Waals surface area contributed by atoms with Gasteiger partial charge in [0, 0.05) is 44.0 Å². The summed E-state index contributed by atoms with van der Waals surface area (Å²) in [5, 5.41) is 1.84. The lowest BCUT2D eigenvalue weighted by Gasteiger charge is -2.36. The number of carbonyl (C=O) groups excluding carboxylic acids is 1. The van der Waals surface area contributed by atoms with Gasteiger partial charge in [-0.15, -0.1) is 0 Å². The van der Waals surface area contributed by atoms with Crippen molar-refractivity contribution in [1.82, 2.24) is 9.99 Å². The molecule has 1 N–H and O–H groups in total. The average Bonchev–Trinajstić information content (AvgIpc) is 3.05. The molecule has 2 aliphatic heterocycles. The molecule has 2 aromatic rings. The van der Waals surface area contributed by atoms with Crippen molar-refractivity contribution in [2.45, 2.75) is 13.1 Å². The zero-order valence-electron chi connectivity index (χ0n) is 15.8. The Morgan fingerprint density at radius 2 is 1.71 bits per heavy atom. The molecule has 28 heavy (non-hydrogen) atoms. The van der Waals surface area contributed by atoms with Crippen LogP contribution in [0, 0.1) is 11.6 Å². The predicted molar refractivity (Wildman–Crippen MR) is 98.8 cm³/mol. The number of halogens is 2. The van der Waals surface area contributed by atoms with E-state index in [1.807, 2.05) is 12.1 Å². The van der Waals surface area contributed by atoms with E-state index in [0.717, 1.165) is 16.5 Å². The monoisotopic (exact) mass is 391 g/mol. The number of nitrogens with zero attached hydrogens (tertiary/aromatic N) is 4. The number of hydrogen-bond acceptors (Lipinski definition) is 6. The Balaban J connectivity index is 1.85. The maximum absolute atomic E-state index is 14.9. The summed E-state index contributed by atoms with van der Waals surface area (Å²) in [7, 11) is 5.95. The van der Waals surface area contributed by atoms with E-state index in [0.29, 0.717) is 23.6 Å². The highest BCUT2D eigenvalue weighted by molar-refractivity contribution is 6.07. The van der Waals surface area contributed by atoms with Crippen molar-refractivity contribution in [2.24, 2.45) is 0 Å². The number of carbonyl (C=O) groups is 1. The van der Waals surface area contributed by atoms with Crippen LogP contribution in [-0.4, -0.2) is 44.3 Å². The highest BCUT2D eigenvalue weighted by atomic mass is 19.1. The van der Waals surface area contributed by atoms with E-state index in [1.54, 1.807) is 13.2 Å². The van der Waals surface area contributed by atoms with E-state index in [-0.39, 0.29) is 18.0 Å². The predicted octanol–water partition coefficient (Wildman–Crippen LogP) is 2.73. The molecule has 0 aliphatic carbocycles. The number of hydrogen-bond donors (Lipinski definition) is 1. The Morgan fingerprint density at radius 1 is 1.07 bits per heavy atom. The number of anilines is 3. The van der Waals surface area contributed by atoms with Crippen LogP contribution in [0.25, 0.3) is 0 Å². The van der Waals surface area contributed by atoms with E-state index >= 15 is 0 Å². The van der Waals surface area contributed by atoms with Crippen LogP contribution in [0.4, 0.5) is 30.8 Å². The molecule has 0 saturated heterocycles. The highest BCUT2D eigenvalue weighted by Crippen LogP contribution is 2.42. The summed E-state index contributed by atoms with van der Waals surface area (Å²) in [5.41, 5.74) is 4.81. The van der Waals surface area contributed by atoms with Crippen molar-refractivity contribution < 1.29 is 23.0 Å². The minimum absolute atomic E-state index is 0.0351. The van der Waals surface area contributed by atoms with Crippen LogP contribution < -0.4 is 24.7 Å². The van der Waals surface area contributed by atoms with Gasteiger partial charge < -0.3 is 14.9 Å². The van der Waals surface area contributed by atoms with E-state index in [9.17, 15) is 13.6 Å². The number of methoxy groups -OCH3 is 2. The molecule has 0 radical (unpaired) electrons. The topological polar surface area (TPSA) is 70.2 Å². The van der Waals surface area contributed by atoms with Gasteiger partial charge in [0.05, 0.1) is 26.5 Å². The summed E-state index contributed by atoms with van der Waals surface area (Å²) in [5.74, 6) is -1.71. The van der Waals surface area contributed by atoms with Gasteiger partial charge in [-0.3, -0.25) is 9.80 Å². The molecule has 0 fully saturated rings. The summed E-state index contributed by atoms with van der Waals surface area (Å²) in [6.45, 7) is 0.519. The van der Waals surface area contributed by atoms with Crippen molar-refractivity contribution in [1.29, 1.82) is 0 Å². The third kappa shape index (κ3) is 2.52. The van der Waals surface area contributed by atoms with Gasteiger partial charge in [-0.1, -0.05) is 0 Å². The van der Waals surface area contributed by atoms with Gasteiger partial charge in [0.1, 0.15) is 11.5 Å².